The Balaban J connectivity index is 0.000000162. The van der Waals surface area contributed by atoms with Gasteiger partial charge in [-0.3, -0.25) is 9.59 Å². The van der Waals surface area contributed by atoms with Crippen LogP contribution in [0, 0.1) is 0 Å². The van der Waals surface area contributed by atoms with E-state index in [-0.39, 0.29) is 11.8 Å². The Kier molecular flexibility index (Phi) is 8.82. The van der Waals surface area contributed by atoms with Gasteiger partial charge in [0.25, 0.3) is 11.8 Å². The van der Waals surface area contributed by atoms with Crippen LogP contribution in [0.25, 0.3) is 34.5 Å². The minimum absolute atomic E-state index is 0.0195. The highest BCUT2D eigenvalue weighted by Gasteiger charge is 2.22. The zero-order valence-corrected chi connectivity index (χ0v) is 28.2. The van der Waals surface area contributed by atoms with Crippen molar-refractivity contribution in [1.29, 1.82) is 0 Å². The lowest BCUT2D eigenvalue weighted by Crippen LogP contribution is -2.30. The molecule has 1 saturated heterocycles. The lowest BCUT2D eigenvalue weighted by molar-refractivity contribution is 0.0769. The van der Waals surface area contributed by atoms with Gasteiger partial charge >= 0.3 is 0 Å². The predicted molar refractivity (Wildman–Crippen MR) is 178 cm³/mol. The second-order valence-corrected chi connectivity index (χ2v) is 12.0. The smallest absolute Gasteiger partial charge is 0.255 e. The number of carbonyl (C=O) groups is 2. The number of furan rings is 2. The summed E-state index contributed by atoms with van der Waals surface area (Å²) in [4.78, 5) is 37.3. The lowest BCUT2D eigenvalue weighted by atomic mass is 10.2. The number of aromatic nitrogens is 6. The second-order valence-electron chi connectivity index (χ2n) is 10.5. The molecule has 0 unspecified atom stereocenters. The van der Waals surface area contributed by atoms with Crippen molar-refractivity contribution in [1.82, 2.24) is 39.0 Å². The van der Waals surface area contributed by atoms with Crippen molar-refractivity contribution in [2.24, 2.45) is 0 Å². The maximum atomic E-state index is 12.5. The van der Waals surface area contributed by atoms with Gasteiger partial charge in [-0.1, -0.05) is 0 Å². The number of carbonyl (C=O) groups excluding carboxylic acids is 2. The highest BCUT2D eigenvalue weighted by atomic mass is 79.9. The Morgan fingerprint density at radius 2 is 1.28 bits per heavy atom. The minimum atomic E-state index is -0.0820. The molecule has 0 aliphatic carbocycles. The van der Waals surface area contributed by atoms with E-state index >= 15 is 0 Å². The molecule has 1 fully saturated rings. The number of fused-ring (bicyclic) bond motifs is 2. The van der Waals surface area contributed by atoms with Gasteiger partial charge in [0.15, 0.2) is 32.2 Å². The van der Waals surface area contributed by atoms with Crippen LogP contribution in [0.3, 0.4) is 0 Å². The van der Waals surface area contributed by atoms with E-state index in [0.29, 0.717) is 79.4 Å². The molecule has 0 spiro atoms. The minimum Gasteiger partial charge on any atom is -0.446 e. The first-order valence-electron chi connectivity index (χ1n) is 14.6. The summed E-state index contributed by atoms with van der Waals surface area (Å²) in [5.74, 6) is 1.79. The van der Waals surface area contributed by atoms with E-state index in [2.05, 4.69) is 52.0 Å². The Morgan fingerprint density at radius 1 is 0.804 bits per heavy atom. The molecular weight excluding hydrogens is 724 g/mol. The number of rotatable bonds is 6. The van der Waals surface area contributed by atoms with Crippen molar-refractivity contribution in [3.05, 3.63) is 69.3 Å². The molecule has 238 valence electrons. The van der Waals surface area contributed by atoms with Gasteiger partial charge in [-0.25, -0.2) is 19.0 Å². The van der Waals surface area contributed by atoms with Crippen LogP contribution in [0.4, 0.5) is 11.4 Å². The number of nitrogens with two attached hydrogens (primary N) is 2. The molecule has 6 aromatic heterocycles. The average molecular weight is 754 g/mol. The number of pyridine rings is 2. The van der Waals surface area contributed by atoms with Gasteiger partial charge in [0, 0.05) is 38.6 Å². The van der Waals surface area contributed by atoms with Crippen molar-refractivity contribution in [2.45, 2.75) is 26.7 Å². The summed E-state index contributed by atoms with van der Waals surface area (Å²) in [6.45, 7) is 6.73. The van der Waals surface area contributed by atoms with Crippen LogP contribution in [-0.2, 0) is 0 Å². The molecule has 2 amide bonds. The standard InChI is InChI=1S/C15H14BrN5O2.C15H16BrN5O2/c16-12-4-3-11(23-12)13-18-14-10(17)7-9(8-21(14)19-13)15(22)20-5-1-2-6-20;1-3-20(4-2)15(22)9-7-10(17)14-18-13(19-21(14)8-9)11-5-6-12(16)23-11/h3-4,7-8H,1-2,5-6,17H2;5-8H,3-4,17H2,1-2H3. The normalized spacial score (nSPS) is 12.9. The van der Waals surface area contributed by atoms with E-state index in [4.69, 9.17) is 20.3 Å². The number of anilines is 2. The number of nitrogen functional groups attached to an aromatic ring is 2. The molecule has 7 heterocycles. The van der Waals surface area contributed by atoms with Gasteiger partial charge in [-0.05, 0) is 94.9 Å². The summed E-state index contributed by atoms with van der Waals surface area (Å²) < 4.78 is 15.2. The van der Waals surface area contributed by atoms with Crippen molar-refractivity contribution < 1.29 is 18.4 Å². The number of halogens is 2. The van der Waals surface area contributed by atoms with E-state index in [1.54, 1.807) is 53.7 Å². The quantitative estimate of drug-likeness (QED) is 0.224. The number of nitrogens with zero attached hydrogens (tertiary/aromatic N) is 8. The van der Waals surface area contributed by atoms with Crippen molar-refractivity contribution >= 4 is 66.3 Å². The monoisotopic (exact) mass is 752 g/mol. The summed E-state index contributed by atoms with van der Waals surface area (Å²) in [5.41, 5.74) is 14.9. The average Bonchev–Trinajstić information content (AvgIpc) is 3.87. The summed E-state index contributed by atoms with van der Waals surface area (Å²) in [7, 11) is 0. The third kappa shape index (κ3) is 6.22. The lowest BCUT2D eigenvalue weighted by Gasteiger charge is -2.18. The fraction of sp³-hybridized carbons (Fsp3) is 0.267. The van der Waals surface area contributed by atoms with Crippen LogP contribution in [0.5, 0.6) is 0 Å². The fourth-order valence-corrected chi connectivity index (χ4v) is 5.74. The van der Waals surface area contributed by atoms with E-state index in [9.17, 15) is 9.59 Å². The van der Waals surface area contributed by atoms with Crippen LogP contribution < -0.4 is 11.5 Å². The zero-order valence-electron chi connectivity index (χ0n) is 25.0. The van der Waals surface area contributed by atoms with Crippen LogP contribution >= 0.6 is 31.9 Å². The van der Waals surface area contributed by atoms with Gasteiger partial charge in [-0.2, -0.15) is 0 Å². The molecule has 0 atom stereocenters. The van der Waals surface area contributed by atoms with E-state index < -0.39 is 0 Å². The fourth-order valence-electron chi connectivity index (χ4n) is 5.13. The molecule has 0 radical (unpaired) electrons. The molecule has 46 heavy (non-hydrogen) atoms. The Bertz CT molecular complexity index is 1920. The van der Waals surface area contributed by atoms with E-state index in [1.165, 1.54) is 9.03 Å². The Morgan fingerprint density at radius 3 is 1.74 bits per heavy atom. The maximum Gasteiger partial charge on any atom is 0.255 e. The molecule has 1 aliphatic heterocycles. The van der Waals surface area contributed by atoms with Crippen LogP contribution in [0.2, 0.25) is 0 Å². The number of hydrogen-bond acceptors (Lipinski definition) is 10. The molecule has 4 N–H and O–H groups in total. The first-order valence-corrected chi connectivity index (χ1v) is 16.2. The largest absolute Gasteiger partial charge is 0.446 e. The van der Waals surface area contributed by atoms with E-state index in [1.807, 2.05) is 18.7 Å². The van der Waals surface area contributed by atoms with Crippen molar-refractivity contribution in [3.8, 4) is 23.2 Å². The summed E-state index contributed by atoms with van der Waals surface area (Å²) in [5, 5.41) is 8.72. The molecule has 14 nitrogen and oxygen atoms in total. The highest BCUT2D eigenvalue weighted by molar-refractivity contribution is 9.10. The zero-order chi connectivity index (χ0) is 32.5. The van der Waals surface area contributed by atoms with Crippen LogP contribution in [0.15, 0.2) is 67.0 Å². The molecule has 0 aromatic carbocycles. The highest BCUT2D eigenvalue weighted by Crippen LogP contribution is 2.26. The molecule has 1 aliphatic rings. The van der Waals surface area contributed by atoms with Crippen LogP contribution in [0.1, 0.15) is 47.4 Å². The molecule has 0 bridgehead atoms. The molecule has 0 saturated carbocycles. The molecule has 7 rings (SSSR count). The third-order valence-corrected chi connectivity index (χ3v) is 8.30. The van der Waals surface area contributed by atoms with Gasteiger partial charge in [0.1, 0.15) is 0 Å². The molecule has 6 aromatic rings. The molecular formula is C30H30Br2N10O4. The van der Waals surface area contributed by atoms with E-state index in [0.717, 1.165) is 25.9 Å². The Hall–Kier alpha value is -4.70. The topological polar surface area (TPSA) is 179 Å². The number of likely N-dealkylation sites (tertiary alicyclic amines) is 1. The number of amides is 2. The van der Waals surface area contributed by atoms with Crippen LogP contribution in [-0.4, -0.2) is 77.0 Å². The Labute approximate surface area is 279 Å². The summed E-state index contributed by atoms with van der Waals surface area (Å²) >= 11 is 6.50. The first kappa shape index (κ1) is 31.3. The summed E-state index contributed by atoms with van der Waals surface area (Å²) in [6.07, 6.45) is 5.40. The van der Waals surface area contributed by atoms with Crippen molar-refractivity contribution in [3.63, 3.8) is 0 Å². The summed E-state index contributed by atoms with van der Waals surface area (Å²) in [6, 6.07) is 10.4. The van der Waals surface area contributed by atoms with Gasteiger partial charge in [0.05, 0.1) is 22.5 Å². The van der Waals surface area contributed by atoms with Gasteiger partial charge in [0.2, 0.25) is 11.6 Å². The third-order valence-electron chi connectivity index (χ3n) is 7.45. The SMILES string of the molecule is CCN(CC)C(=O)c1cc(N)c2nc(-c3ccc(Br)o3)nn2c1.Nc1cc(C(=O)N2CCCC2)cn2nc(-c3ccc(Br)o3)nc12. The molecule has 16 heteroatoms. The van der Waals surface area contributed by atoms with Gasteiger partial charge in [-0.15, -0.1) is 10.2 Å². The van der Waals surface area contributed by atoms with Gasteiger partial charge < -0.3 is 30.1 Å². The predicted octanol–water partition coefficient (Wildman–Crippen LogP) is 5.39. The second kappa shape index (κ2) is 13.0. The maximum absolute atomic E-state index is 12.5. The first-order chi connectivity index (χ1) is 22.1. The van der Waals surface area contributed by atoms with Crippen molar-refractivity contribution in [2.75, 3.05) is 37.6 Å². The number of hydrogen-bond donors (Lipinski definition) is 2.